The van der Waals surface area contributed by atoms with Crippen molar-refractivity contribution in [3.8, 4) is 5.75 Å². The number of carbonyl (C=O) groups excluding carboxylic acids is 2. The van der Waals surface area contributed by atoms with Crippen molar-refractivity contribution in [2.24, 2.45) is 10.2 Å². The Morgan fingerprint density at radius 3 is 2.86 bits per heavy atom. The van der Waals surface area contributed by atoms with E-state index in [0.29, 0.717) is 21.4 Å². The summed E-state index contributed by atoms with van der Waals surface area (Å²) in [7, 11) is 0. The van der Waals surface area contributed by atoms with Gasteiger partial charge < -0.3 is 15.7 Å². The molecule has 0 radical (unpaired) electrons. The molecule has 1 atom stereocenters. The molecule has 1 saturated heterocycles. The van der Waals surface area contributed by atoms with Gasteiger partial charge in [-0.25, -0.2) is 0 Å². The van der Waals surface area contributed by atoms with E-state index in [1.165, 1.54) is 12.3 Å². The third-order valence-corrected chi connectivity index (χ3v) is 5.49. The molecule has 2 aromatic rings. The number of rotatable bonds is 5. The average Bonchev–Trinajstić information content (AvgIpc) is 2.98. The van der Waals surface area contributed by atoms with Crippen LogP contribution in [-0.4, -0.2) is 33.6 Å². The van der Waals surface area contributed by atoms with Crippen LogP contribution in [0.4, 0.5) is 5.69 Å². The highest BCUT2D eigenvalue weighted by Gasteiger charge is 2.32. The van der Waals surface area contributed by atoms with Crippen LogP contribution in [0.2, 0.25) is 10.0 Å². The molecule has 0 aliphatic carbocycles. The largest absolute Gasteiger partial charge is 0.508 e. The van der Waals surface area contributed by atoms with Crippen LogP contribution in [-0.2, 0) is 9.59 Å². The van der Waals surface area contributed by atoms with Gasteiger partial charge in [-0.05, 0) is 29.8 Å². The second kappa shape index (κ2) is 9.09. The summed E-state index contributed by atoms with van der Waals surface area (Å²) in [6.07, 6.45) is 1.38. The minimum Gasteiger partial charge on any atom is -0.508 e. The highest BCUT2D eigenvalue weighted by atomic mass is 35.5. The predicted octanol–water partition coefficient (Wildman–Crippen LogP) is 3.65. The number of amides is 2. The van der Waals surface area contributed by atoms with Gasteiger partial charge in [0.05, 0.1) is 21.9 Å². The molecule has 1 aliphatic heterocycles. The minimum absolute atomic E-state index is 0.0609. The zero-order valence-corrected chi connectivity index (χ0v) is 16.6. The molecule has 7 nitrogen and oxygen atoms in total. The van der Waals surface area contributed by atoms with Crippen LogP contribution in [0.25, 0.3) is 0 Å². The number of thioether (sulfide) groups is 1. The third-order valence-electron chi connectivity index (χ3n) is 3.60. The van der Waals surface area contributed by atoms with Gasteiger partial charge in [-0.15, -0.1) is 5.10 Å². The number of aromatic hydroxyl groups is 1. The van der Waals surface area contributed by atoms with Crippen molar-refractivity contribution >= 4 is 63.8 Å². The van der Waals surface area contributed by atoms with Crippen molar-refractivity contribution in [2.45, 2.75) is 11.7 Å². The van der Waals surface area contributed by atoms with Crippen molar-refractivity contribution in [3.63, 3.8) is 0 Å². The predicted molar refractivity (Wildman–Crippen MR) is 112 cm³/mol. The Kier molecular flexibility index (Phi) is 6.56. The number of anilines is 1. The van der Waals surface area contributed by atoms with Gasteiger partial charge in [0.1, 0.15) is 11.0 Å². The molecule has 1 fully saturated rings. The number of phenols is 1. The number of nitrogens with zero attached hydrogens (tertiary/aromatic N) is 2. The van der Waals surface area contributed by atoms with Crippen LogP contribution in [0.3, 0.4) is 0 Å². The summed E-state index contributed by atoms with van der Waals surface area (Å²) < 4.78 is 0. The number of hydrogen-bond donors (Lipinski definition) is 3. The highest BCUT2D eigenvalue weighted by molar-refractivity contribution is 8.15. The smallest absolute Gasteiger partial charge is 0.240 e. The lowest BCUT2D eigenvalue weighted by Gasteiger charge is -2.09. The van der Waals surface area contributed by atoms with Gasteiger partial charge in [0.2, 0.25) is 11.8 Å². The molecule has 1 heterocycles. The van der Waals surface area contributed by atoms with Crippen molar-refractivity contribution in [1.29, 1.82) is 0 Å². The van der Waals surface area contributed by atoms with E-state index in [9.17, 15) is 14.7 Å². The Balaban J connectivity index is 1.58. The lowest BCUT2D eigenvalue weighted by Crippen LogP contribution is -2.28. The molecule has 0 saturated carbocycles. The fourth-order valence-electron chi connectivity index (χ4n) is 2.31. The molecule has 2 aromatic carbocycles. The van der Waals surface area contributed by atoms with Crippen LogP contribution in [0.1, 0.15) is 12.0 Å². The molecule has 1 aliphatic rings. The number of benzene rings is 2. The second-order valence-corrected chi connectivity index (χ2v) is 7.67. The number of phenolic OH excluding ortho intramolecular Hbond substituents is 1. The first-order valence-corrected chi connectivity index (χ1v) is 9.67. The SMILES string of the molecule is O=C(CC1S/C(=N/N=Cc2cccc(O)c2)NC1=O)Nc1cccc(Cl)c1Cl. The molecule has 10 heteroatoms. The summed E-state index contributed by atoms with van der Waals surface area (Å²) in [5.74, 6) is -0.587. The van der Waals surface area contributed by atoms with E-state index in [4.69, 9.17) is 23.2 Å². The van der Waals surface area contributed by atoms with Gasteiger partial charge in [-0.1, -0.05) is 53.2 Å². The normalized spacial score (nSPS) is 17.9. The zero-order chi connectivity index (χ0) is 20.1. The summed E-state index contributed by atoms with van der Waals surface area (Å²) >= 11 is 13.1. The molecular formula is C18H14Cl2N4O3S. The van der Waals surface area contributed by atoms with E-state index < -0.39 is 5.25 Å². The van der Waals surface area contributed by atoms with E-state index in [2.05, 4.69) is 20.8 Å². The molecule has 3 N–H and O–H groups in total. The Morgan fingerprint density at radius 2 is 2.07 bits per heavy atom. The molecule has 28 heavy (non-hydrogen) atoms. The molecule has 0 aromatic heterocycles. The minimum atomic E-state index is -0.632. The number of hydrogen-bond acceptors (Lipinski definition) is 6. The van der Waals surface area contributed by atoms with Crippen LogP contribution in [0.15, 0.2) is 52.7 Å². The summed E-state index contributed by atoms with van der Waals surface area (Å²) in [4.78, 5) is 24.3. The highest BCUT2D eigenvalue weighted by Crippen LogP contribution is 2.30. The van der Waals surface area contributed by atoms with Crippen molar-refractivity contribution in [1.82, 2.24) is 5.32 Å². The number of halogens is 2. The van der Waals surface area contributed by atoms with E-state index in [-0.39, 0.29) is 29.0 Å². The maximum Gasteiger partial charge on any atom is 0.240 e. The van der Waals surface area contributed by atoms with Crippen LogP contribution >= 0.6 is 35.0 Å². The quantitative estimate of drug-likeness (QED) is 0.491. The van der Waals surface area contributed by atoms with Gasteiger partial charge in [-0.3, -0.25) is 9.59 Å². The van der Waals surface area contributed by atoms with Crippen molar-refractivity contribution in [2.75, 3.05) is 5.32 Å². The molecule has 2 amide bonds. The maximum atomic E-state index is 12.2. The fraction of sp³-hybridized carbons (Fsp3) is 0.111. The van der Waals surface area contributed by atoms with E-state index in [0.717, 1.165) is 11.8 Å². The van der Waals surface area contributed by atoms with E-state index in [1.807, 2.05) is 0 Å². The lowest BCUT2D eigenvalue weighted by atomic mass is 10.2. The Bertz CT molecular complexity index is 981. The standard InChI is InChI=1S/C18H14Cl2N4O3S/c19-12-5-2-6-13(16(12)20)22-15(26)8-14-17(27)23-18(28-14)24-21-9-10-3-1-4-11(25)7-10/h1-7,9,14,25H,8H2,(H,22,26)(H,23,24,27). The first-order valence-electron chi connectivity index (χ1n) is 8.04. The van der Waals surface area contributed by atoms with Gasteiger partial charge in [0, 0.05) is 6.42 Å². The summed E-state index contributed by atoms with van der Waals surface area (Å²) in [6, 6.07) is 11.4. The average molecular weight is 437 g/mol. The number of amidine groups is 1. The van der Waals surface area contributed by atoms with Gasteiger partial charge in [-0.2, -0.15) is 5.10 Å². The molecule has 0 spiro atoms. The van der Waals surface area contributed by atoms with E-state index in [1.54, 1.807) is 36.4 Å². The molecule has 3 rings (SSSR count). The Labute approximate surface area is 174 Å². The van der Waals surface area contributed by atoms with Crippen molar-refractivity contribution < 1.29 is 14.7 Å². The summed E-state index contributed by atoms with van der Waals surface area (Å²) in [5, 5.41) is 22.7. The van der Waals surface area contributed by atoms with Crippen LogP contribution < -0.4 is 10.6 Å². The molecule has 0 bridgehead atoms. The fourth-order valence-corrected chi connectivity index (χ4v) is 3.58. The van der Waals surface area contributed by atoms with E-state index >= 15 is 0 Å². The van der Waals surface area contributed by atoms with Crippen molar-refractivity contribution in [3.05, 3.63) is 58.1 Å². The molecule has 144 valence electrons. The van der Waals surface area contributed by atoms with Gasteiger partial charge in [0.25, 0.3) is 0 Å². The molecular weight excluding hydrogens is 423 g/mol. The first kappa shape index (κ1) is 20.2. The Hall–Kier alpha value is -2.55. The van der Waals surface area contributed by atoms with Crippen LogP contribution in [0, 0.1) is 0 Å². The first-order chi connectivity index (χ1) is 13.4. The number of nitrogens with one attached hydrogen (secondary N) is 2. The molecule has 1 unspecified atom stereocenters. The monoisotopic (exact) mass is 436 g/mol. The topological polar surface area (TPSA) is 103 Å². The second-order valence-electron chi connectivity index (χ2n) is 5.69. The van der Waals surface area contributed by atoms with Crippen LogP contribution in [0.5, 0.6) is 5.75 Å². The maximum absolute atomic E-state index is 12.2. The lowest BCUT2D eigenvalue weighted by molar-refractivity contribution is -0.122. The summed E-state index contributed by atoms with van der Waals surface area (Å²) in [6.45, 7) is 0. The third kappa shape index (κ3) is 5.25. The van der Waals surface area contributed by atoms with Gasteiger partial charge >= 0.3 is 0 Å². The summed E-state index contributed by atoms with van der Waals surface area (Å²) in [5.41, 5.74) is 1.04. The number of carbonyl (C=O) groups is 2. The zero-order valence-electron chi connectivity index (χ0n) is 14.2. The van der Waals surface area contributed by atoms with Gasteiger partial charge in [0.15, 0.2) is 5.17 Å². The Morgan fingerprint density at radius 1 is 1.29 bits per heavy atom.